The van der Waals surface area contributed by atoms with Gasteiger partial charge < -0.3 is 10.1 Å². The van der Waals surface area contributed by atoms with Crippen molar-refractivity contribution in [3.8, 4) is 0 Å². The molecule has 2 heterocycles. The molecule has 5 heteroatoms. The predicted octanol–water partition coefficient (Wildman–Crippen LogP) is 1.47. The molecule has 72 valence electrons. The molecule has 0 amide bonds. The van der Waals surface area contributed by atoms with Crippen molar-refractivity contribution in [1.82, 2.24) is 15.2 Å². The summed E-state index contributed by atoms with van der Waals surface area (Å²) in [5, 5.41) is 15.8. The van der Waals surface area contributed by atoms with E-state index in [1.807, 2.05) is 0 Å². The lowest BCUT2D eigenvalue weighted by Gasteiger charge is -1.89. The van der Waals surface area contributed by atoms with Crippen LogP contribution in [0.4, 0.5) is 0 Å². The van der Waals surface area contributed by atoms with Gasteiger partial charge in [0.05, 0.1) is 16.7 Å². The number of hydrogen-bond acceptors (Lipinski definition) is 2. The monoisotopic (exact) mass is 191 g/mol. The summed E-state index contributed by atoms with van der Waals surface area (Å²) in [5.74, 6) is -0.416. The fourth-order valence-electron chi connectivity index (χ4n) is 1.69. The SMILES string of the molecule is O=C(O)c1cc2[nH]nc(C3CC3)c2[nH]1. The van der Waals surface area contributed by atoms with Crippen molar-refractivity contribution in [1.29, 1.82) is 0 Å². The van der Waals surface area contributed by atoms with Gasteiger partial charge in [-0.3, -0.25) is 5.10 Å². The fourth-order valence-corrected chi connectivity index (χ4v) is 1.69. The third-order valence-electron chi connectivity index (χ3n) is 2.57. The van der Waals surface area contributed by atoms with E-state index in [1.54, 1.807) is 6.07 Å². The third-order valence-corrected chi connectivity index (χ3v) is 2.57. The number of rotatable bonds is 2. The molecule has 0 bridgehead atoms. The molecule has 3 rings (SSSR count). The maximum Gasteiger partial charge on any atom is 0.352 e. The molecule has 1 aliphatic carbocycles. The number of fused-ring (bicyclic) bond motifs is 1. The number of nitrogens with zero attached hydrogens (tertiary/aromatic N) is 1. The van der Waals surface area contributed by atoms with Gasteiger partial charge in [-0.2, -0.15) is 5.10 Å². The molecule has 0 radical (unpaired) electrons. The van der Waals surface area contributed by atoms with E-state index < -0.39 is 5.97 Å². The number of aromatic carboxylic acids is 1. The van der Waals surface area contributed by atoms with E-state index in [0.717, 1.165) is 29.6 Å². The molecule has 3 N–H and O–H groups in total. The molecule has 5 nitrogen and oxygen atoms in total. The molecular formula is C9H9N3O2. The average Bonchev–Trinajstić information content (AvgIpc) is 2.77. The smallest absolute Gasteiger partial charge is 0.352 e. The summed E-state index contributed by atoms with van der Waals surface area (Å²) in [7, 11) is 0. The van der Waals surface area contributed by atoms with Gasteiger partial charge in [0, 0.05) is 5.92 Å². The lowest BCUT2D eigenvalue weighted by Crippen LogP contribution is -1.95. The Bertz CT molecular complexity index is 507. The lowest BCUT2D eigenvalue weighted by atomic mass is 10.2. The van der Waals surface area contributed by atoms with Crippen LogP contribution < -0.4 is 0 Å². The first kappa shape index (κ1) is 7.61. The molecule has 1 saturated carbocycles. The third kappa shape index (κ3) is 0.951. The van der Waals surface area contributed by atoms with Gasteiger partial charge in [-0.05, 0) is 18.9 Å². The summed E-state index contributed by atoms with van der Waals surface area (Å²) in [5.41, 5.74) is 2.83. The molecule has 2 aromatic rings. The number of carbonyl (C=O) groups is 1. The Hall–Kier alpha value is -1.78. The van der Waals surface area contributed by atoms with Crippen LogP contribution in [0.25, 0.3) is 11.0 Å². The zero-order valence-electron chi connectivity index (χ0n) is 7.37. The maximum absolute atomic E-state index is 10.7. The van der Waals surface area contributed by atoms with E-state index >= 15 is 0 Å². The second-order valence-corrected chi connectivity index (χ2v) is 3.66. The summed E-state index contributed by atoms with van der Waals surface area (Å²) < 4.78 is 0. The van der Waals surface area contributed by atoms with Crippen molar-refractivity contribution in [2.75, 3.05) is 0 Å². The normalized spacial score (nSPS) is 16.3. The minimum absolute atomic E-state index is 0.218. The molecule has 14 heavy (non-hydrogen) atoms. The summed E-state index contributed by atoms with van der Waals surface area (Å²) in [6, 6.07) is 1.58. The van der Waals surface area contributed by atoms with Gasteiger partial charge in [-0.1, -0.05) is 0 Å². The van der Waals surface area contributed by atoms with Crippen LogP contribution in [-0.4, -0.2) is 26.3 Å². The minimum Gasteiger partial charge on any atom is -0.477 e. The van der Waals surface area contributed by atoms with Gasteiger partial charge in [0.2, 0.25) is 0 Å². The molecule has 2 aromatic heterocycles. The second kappa shape index (κ2) is 2.37. The number of carboxylic acid groups (broad SMARTS) is 1. The van der Waals surface area contributed by atoms with Gasteiger partial charge in [-0.25, -0.2) is 4.79 Å². The number of carboxylic acids is 1. The van der Waals surface area contributed by atoms with Crippen LogP contribution >= 0.6 is 0 Å². The zero-order valence-corrected chi connectivity index (χ0v) is 7.37. The molecular weight excluding hydrogens is 182 g/mol. The average molecular weight is 191 g/mol. The van der Waals surface area contributed by atoms with Crippen LogP contribution in [0.15, 0.2) is 6.07 Å². The molecule has 0 saturated heterocycles. The first-order chi connectivity index (χ1) is 6.75. The highest BCUT2D eigenvalue weighted by Gasteiger charge is 2.29. The van der Waals surface area contributed by atoms with E-state index in [-0.39, 0.29) is 5.69 Å². The zero-order chi connectivity index (χ0) is 9.71. The molecule has 0 aromatic carbocycles. The van der Waals surface area contributed by atoms with Crippen molar-refractivity contribution in [3.63, 3.8) is 0 Å². The van der Waals surface area contributed by atoms with E-state index in [4.69, 9.17) is 5.11 Å². The number of hydrogen-bond donors (Lipinski definition) is 3. The van der Waals surface area contributed by atoms with Crippen LogP contribution in [-0.2, 0) is 0 Å². The van der Waals surface area contributed by atoms with E-state index in [0.29, 0.717) is 5.92 Å². The lowest BCUT2D eigenvalue weighted by molar-refractivity contribution is 0.0691. The van der Waals surface area contributed by atoms with E-state index in [2.05, 4.69) is 15.2 Å². The van der Waals surface area contributed by atoms with Crippen LogP contribution in [0.1, 0.15) is 34.9 Å². The highest BCUT2D eigenvalue weighted by Crippen LogP contribution is 2.41. The highest BCUT2D eigenvalue weighted by molar-refractivity contribution is 5.93. The van der Waals surface area contributed by atoms with Crippen LogP contribution in [0.3, 0.4) is 0 Å². The Kier molecular flexibility index (Phi) is 1.29. The first-order valence-corrected chi connectivity index (χ1v) is 4.56. The standard InChI is InChI=1S/C9H9N3O2/c13-9(14)6-3-5-8(10-6)7(12-11-5)4-1-2-4/h3-4,10H,1-2H2,(H,11,12)(H,13,14). The van der Waals surface area contributed by atoms with Gasteiger partial charge >= 0.3 is 5.97 Å². The van der Waals surface area contributed by atoms with Crippen LogP contribution in [0, 0.1) is 0 Å². The molecule has 0 aliphatic heterocycles. The van der Waals surface area contributed by atoms with E-state index in [1.165, 1.54) is 0 Å². The molecule has 0 atom stereocenters. The van der Waals surface area contributed by atoms with Crippen molar-refractivity contribution in [3.05, 3.63) is 17.5 Å². The summed E-state index contributed by atoms with van der Waals surface area (Å²) in [6.45, 7) is 0. The number of aromatic nitrogens is 3. The summed E-state index contributed by atoms with van der Waals surface area (Å²) in [6.07, 6.45) is 2.31. The van der Waals surface area contributed by atoms with Crippen LogP contribution in [0.2, 0.25) is 0 Å². The molecule has 1 aliphatic rings. The molecule has 0 spiro atoms. The van der Waals surface area contributed by atoms with Crippen molar-refractivity contribution in [2.24, 2.45) is 0 Å². The van der Waals surface area contributed by atoms with Crippen LogP contribution in [0.5, 0.6) is 0 Å². The van der Waals surface area contributed by atoms with Gasteiger partial charge in [0.1, 0.15) is 5.69 Å². The second-order valence-electron chi connectivity index (χ2n) is 3.66. The van der Waals surface area contributed by atoms with Crippen molar-refractivity contribution >= 4 is 17.0 Å². The number of aromatic amines is 2. The van der Waals surface area contributed by atoms with Gasteiger partial charge in [0.15, 0.2) is 0 Å². The Morgan fingerprint density at radius 2 is 2.36 bits per heavy atom. The first-order valence-electron chi connectivity index (χ1n) is 4.56. The summed E-state index contributed by atoms with van der Waals surface area (Å²) in [4.78, 5) is 13.6. The Labute approximate surface area is 79.1 Å². The number of H-pyrrole nitrogens is 2. The fraction of sp³-hybridized carbons (Fsp3) is 0.333. The van der Waals surface area contributed by atoms with Gasteiger partial charge in [-0.15, -0.1) is 0 Å². The molecule has 0 unspecified atom stereocenters. The summed E-state index contributed by atoms with van der Waals surface area (Å²) >= 11 is 0. The van der Waals surface area contributed by atoms with Crippen molar-refractivity contribution in [2.45, 2.75) is 18.8 Å². The Balaban J connectivity index is 2.18. The Morgan fingerprint density at radius 3 is 3.00 bits per heavy atom. The quantitative estimate of drug-likeness (QED) is 0.672. The minimum atomic E-state index is -0.934. The number of nitrogens with one attached hydrogen (secondary N) is 2. The largest absolute Gasteiger partial charge is 0.477 e. The highest BCUT2D eigenvalue weighted by atomic mass is 16.4. The van der Waals surface area contributed by atoms with Gasteiger partial charge in [0.25, 0.3) is 0 Å². The van der Waals surface area contributed by atoms with E-state index in [9.17, 15) is 4.79 Å². The van der Waals surface area contributed by atoms with Crippen molar-refractivity contribution < 1.29 is 9.90 Å². The predicted molar refractivity (Wildman–Crippen MR) is 49.4 cm³/mol. The topological polar surface area (TPSA) is 81.8 Å². The Morgan fingerprint density at radius 1 is 1.57 bits per heavy atom. The maximum atomic E-state index is 10.7. The molecule has 1 fully saturated rings.